The van der Waals surface area contributed by atoms with Crippen molar-refractivity contribution in [1.82, 2.24) is 14.1 Å². The van der Waals surface area contributed by atoms with Gasteiger partial charge in [0.25, 0.3) is 5.56 Å². The molecule has 0 saturated carbocycles. The van der Waals surface area contributed by atoms with Gasteiger partial charge in [-0.2, -0.15) is 0 Å². The number of rotatable bonds is 4. The number of hydrogen-bond donors (Lipinski definition) is 3. The monoisotopic (exact) mass is 365 g/mol. The zero-order chi connectivity index (χ0) is 19.3. The molecule has 3 N–H and O–H groups in total. The second-order valence-corrected chi connectivity index (χ2v) is 5.48. The summed E-state index contributed by atoms with van der Waals surface area (Å²) in [6.07, 6.45) is -2.19. The van der Waals surface area contributed by atoms with Crippen LogP contribution in [0.15, 0.2) is 46.2 Å². The van der Waals surface area contributed by atoms with E-state index in [0.717, 1.165) is 9.13 Å². The fourth-order valence-corrected chi connectivity index (χ4v) is 2.63. The van der Waals surface area contributed by atoms with Crippen molar-refractivity contribution in [2.24, 2.45) is 0 Å². The van der Waals surface area contributed by atoms with E-state index >= 15 is 0 Å². The van der Waals surface area contributed by atoms with E-state index in [1.165, 1.54) is 12.3 Å². The lowest BCUT2D eigenvalue weighted by Gasteiger charge is -2.18. The molecule has 26 heavy (non-hydrogen) atoms. The molecule has 0 radical (unpaired) electrons. The zero-order valence-electron chi connectivity index (χ0n) is 14.6. The van der Waals surface area contributed by atoms with Crippen molar-refractivity contribution in [3.63, 3.8) is 0 Å². The quantitative estimate of drug-likeness (QED) is 0.640. The van der Waals surface area contributed by atoms with Crippen LogP contribution in [0.5, 0.6) is 0 Å². The Morgan fingerprint density at radius 1 is 1.15 bits per heavy atom. The van der Waals surface area contributed by atoms with Gasteiger partial charge in [0.15, 0.2) is 6.23 Å². The molecule has 2 aromatic rings. The number of ether oxygens (including phenoxy) is 1. The highest BCUT2D eigenvalue weighted by atomic mass is 16.6. The first kappa shape index (κ1) is 20.0. The molecule has 4 atom stereocenters. The summed E-state index contributed by atoms with van der Waals surface area (Å²) in [5.74, 6) is 0. The minimum atomic E-state index is -1.40. The Labute approximate surface area is 149 Å². The second kappa shape index (κ2) is 8.86. The van der Waals surface area contributed by atoms with Gasteiger partial charge in [0.05, 0.1) is 18.8 Å². The largest absolute Gasteiger partial charge is 0.394 e. The summed E-state index contributed by atoms with van der Waals surface area (Å²) in [7, 11) is 0. The smallest absolute Gasteiger partial charge is 0.333 e. The van der Waals surface area contributed by atoms with Crippen molar-refractivity contribution in [2.45, 2.75) is 44.9 Å². The summed E-state index contributed by atoms with van der Waals surface area (Å²) < 4.78 is 7.31. The maximum Gasteiger partial charge on any atom is 0.333 e. The van der Waals surface area contributed by atoms with Gasteiger partial charge in [-0.25, -0.2) is 4.79 Å². The van der Waals surface area contributed by atoms with Crippen LogP contribution in [-0.2, 0) is 11.3 Å². The van der Waals surface area contributed by atoms with Crippen molar-refractivity contribution < 1.29 is 20.1 Å². The summed E-state index contributed by atoms with van der Waals surface area (Å²) in [6, 6.07) is 6.30. The van der Waals surface area contributed by atoms with E-state index < -0.39 is 42.4 Å². The topological polar surface area (TPSA) is 127 Å². The van der Waals surface area contributed by atoms with Crippen LogP contribution in [0.1, 0.15) is 25.8 Å². The molecule has 1 fully saturated rings. The van der Waals surface area contributed by atoms with E-state index in [1.54, 1.807) is 24.4 Å². The van der Waals surface area contributed by atoms with Gasteiger partial charge in [0, 0.05) is 18.5 Å². The van der Waals surface area contributed by atoms with Crippen LogP contribution in [0.2, 0.25) is 0 Å². The fourth-order valence-electron chi connectivity index (χ4n) is 2.63. The van der Waals surface area contributed by atoms with Crippen molar-refractivity contribution >= 4 is 0 Å². The summed E-state index contributed by atoms with van der Waals surface area (Å²) in [4.78, 5) is 28.7. The van der Waals surface area contributed by atoms with Gasteiger partial charge in [-0.3, -0.25) is 18.9 Å². The summed E-state index contributed by atoms with van der Waals surface area (Å²) >= 11 is 0. The molecule has 9 nitrogen and oxygen atoms in total. The minimum absolute atomic E-state index is 0.0336. The third-order valence-corrected chi connectivity index (χ3v) is 3.93. The number of aliphatic hydroxyl groups excluding tert-OH is 3. The highest BCUT2D eigenvalue weighted by Crippen LogP contribution is 2.27. The van der Waals surface area contributed by atoms with Gasteiger partial charge in [-0.15, -0.1) is 0 Å². The Balaban J connectivity index is 0.00000117. The highest BCUT2D eigenvalue weighted by molar-refractivity contribution is 5.05. The molecule has 0 amide bonds. The average Bonchev–Trinajstić information content (AvgIpc) is 2.96. The summed E-state index contributed by atoms with van der Waals surface area (Å²) in [5.41, 5.74) is -0.702. The maximum atomic E-state index is 12.6. The molecule has 0 aromatic carbocycles. The van der Waals surface area contributed by atoms with Gasteiger partial charge < -0.3 is 20.1 Å². The third-order valence-electron chi connectivity index (χ3n) is 3.93. The lowest BCUT2D eigenvalue weighted by Crippen LogP contribution is -2.43. The van der Waals surface area contributed by atoms with Crippen LogP contribution >= 0.6 is 0 Å². The van der Waals surface area contributed by atoms with E-state index in [9.17, 15) is 19.8 Å². The van der Waals surface area contributed by atoms with Crippen molar-refractivity contribution in [3.05, 3.63) is 63.2 Å². The van der Waals surface area contributed by atoms with Crippen LogP contribution < -0.4 is 11.2 Å². The molecule has 3 heterocycles. The third kappa shape index (κ3) is 3.91. The Kier molecular flexibility index (Phi) is 6.81. The standard InChI is InChI=1S/C15H17N3O6.C2H6/c19-8-10-12(21)13(22)14(24-10)17-6-4-11(20)18(15(17)23)7-9-3-1-2-5-16-9;1-2/h1-6,10,12-14,19,21-22H,7-8H2;1-2H3. The first-order valence-electron chi connectivity index (χ1n) is 8.37. The molecule has 0 spiro atoms. The van der Waals surface area contributed by atoms with E-state index in [0.29, 0.717) is 5.69 Å². The van der Waals surface area contributed by atoms with E-state index in [2.05, 4.69) is 4.98 Å². The second-order valence-electron chi connectivity index (χ2n) is 5.48. The molecule has 0 bridgehead atoms. The predicted molar refractivity (Wildman–Crippen MR) is 92.7 cm³/mol. The number of aliphatic hydroxyl groups is 3. The van der Waals surface area contributed by atoms with Gasteiger partial charge in [0.1, 0.15) is 18.3 Å². The van der Waals surface area contributed by atoms with Gasteiger partial charge in [-0.1, -0.05) is 19.9 Å². The Morgan fingerprint density at radius 2 is 1.88 bits per heavy atom. The first-order chi connectivity index (χ1) is 12.5. The average molecular weight is 365 g/mol. The van der Waals surface area contributed by atoms with Crippen LogP contribution in [0.25, 0.3) is 0 Å². The van der Waals surface area contributed by atoms with E-state index in [1.807, 2.05) is 13.8 Å². The molecule has 1 aliphatic heterocycles. The Morgan fingerprint density at radius 3 is 2.46 bits per heavy atom. The molecular formula is C17H23N3O6. The molecule has 4 unspecified atom stereocenters. The molecule has 3 rings (SSSR count). The SMILES string of the molecule is CC.O=c1ccn(C2OC(CO)C(O)C2O)c(=O)n1Cc1ccccn1. The number of nitrogens with zero attached hydrogens (tertiary/aromatic N) is 3. The molecule has 9 heteroatoms. The van der Waals surface area contributed by atoms with Crippen molar-refractivity contribution in [3.8, 4) is 0 Å². The molecule has 2 aromatic heterocycles. The molecule has 0 aliphatic carbocycles. The summed E-state index contributed by atoms with van der Waals surface area (Å²) in [5, 5.41) is 29.0. The van der Waals surface area contributed by atoms with Gasteiger partial charge in [0.2, 0.25) is 0 Å². The lowest BCUT2D eigenvalue weighted by atomic mass is 10.1. The number of aromatic nitrogens is 3. The number of pyridine rings is 1. The van der Waals surface area contributed by atoms with Crippen molar-refractivity contribution in [1.29, 1.82) is 0 Å². The molecule has 1 aliphatic rings. The normalized spacial score (nSPS) is 24.8. The van der Waals surface area contributed by atoms with Crippen LogP contribution in [0, 0.1) is 0 Å². The van der Waals surface area contributed by atoms with Gasteiger partial charge in [-0.05, 0) is 12.1 Å². The lowest BCUT2D eigenvalue weighted by molar-refractivity contribution is -0.0555. The Hall–Kier alpha value is -2.33. The minimum Gasteiger partial charge on any atom is -0.394 e. The highest BCUT2D eigenvalue weighted by Gasteiger charge is 2.43. The van der Waals surface area contributed by atoms with Crippen LogP contribution in [0.4, 0.5) is 0 Å². The summed E-state index contributed by atoms with van der Waals surface area (Å²) in [6.45, 7) is 3.46. The molecule has 1 saturated heterocycles. The maximum absolute atomic E-state index is 12.6. The molecular weight excluding hydrogens is 342 g/mol. The first-order valence-corrected chi connectivity index (χ1v) is 8.37. The van der Waals surface area contributed by atoms with Gasteiger partial charge >= 0.3 is 5.69 Å². The zero-order valence-corrected chi connectivity index (χ0v) is 14.6. The predicted octanol–water partition coefficient (Wildman–Crippen LogP) is -0.909. The van der Waals surface area contributed by atoms with Crippen molar-refractivity contribution in [2.75, 3.05) is 6.61 Å². The van der Waals surface area contributed by atoms with E-state index in [-0.39, 0.29) is 6.54 Å². The van der Waals surface area contributed by atoms with Crippen LogP contribution in [0.3, 0.4) is 0 Å². The number of hydrogen-bond acceptors (Lipinski definition) is 7. The molecule has 142 valence electrons. The van der Waals surface area contributed by atoms with Crippen LogP contribution in [-0.4, -0.2) is 54.4 Å². The van der Waals surface area contributed by atoms with E-state index in [4.69, 9.17) is 9.84 Å². The Bertz CT molecular complexity index is 819. The fraction of sp³-hybridized carbons (Fsp3) is 0.471.